The van der Waals surface area contributed by atoms with E-state index in [0.29, 0.717) is 11.0 Å². The number of hydrogen-bond donors (Lipinski definition) is 0. The lowest BCUT2D eigenvalue weighted by Gasteiger charge is -2.04. The average molecular weight is 201 g/mol. The Hall–Kier alpha value is -1.97. The van der Waals surface area contributed by atoms with Gasteiger partial charge in [0.25, 0.3) is 0 Å². The van der Waals surface area contributed by atoms with Crippen molar-refractivity contribution in [2.24, 2.45) is 0 Å². The molecule has 0 fully saturated rings. The highest BCUT2D eigenvalue weighted by Gasteiger charge is 2.00. The van der Waals surface area contributed by atoms with Gasteiger partial charge in [0, 0.05) is 6.20 Å². The second-order valence-electron chi connectivity index (χ2n) is 3.21. The number of carbonyl (C=O) groups excluding carboxylic acids is 1. The number of fused-ring (bicyclic) bond motifs is 1. The van der Waals surface area contributed by atoms with Crippen molar-refractivity contribution in [3.8, 4) is 0 Å². The summed E-state index contributed by atoms with van der Waals surface area (Å²) in [5, 5.41) is 10.6. The predicted molar refractivity (Wildman–Crippen MR) is 53.2 cm³/mol. The molecule has 15 heavy (non-hydrogen) atoms. The highest BCUT2D eigenvalue weighted by Crippen LogP contribution is 2.12. The van der Waals surface area contributed by atoms with Crippen molar-refractivity contribution >= 4 is 17.0 Å². The standard InChI is InChI=1S/C11H10N2O2/c1-2-8-6-12-10-5-7(11(14)15)3-4-9(10)13-8/h3-6H,2H2,1H3,(H,14,15)/p-1. The molecule has 2 aromatic rings. The zero-order valence-electron chi connectivity index (χ0n) is 8.23. The first-order valence-corrected chi connectivity index (χ1v) is 4.67. The summed E-state index contributed by atoms with van der Waals surface area (Å²) in [6, 6.07) is 4.59. The van der Waals surface area contributed by atoms with Crippen LogP contribution in [0.1, 0.15) is 23.0 Å². The minimum Gasteiger partial charge on any atom is -0.545 e. The molecule has 1 heterocycles. The van der Waals surface area contributed by atoms with Gasteiger partial charge in [-0.1, -0.05) is 13.0 Å². The van der Waals surface area contributed by atoms with E-state index in [0.717, 1.165) is 12.1 Å². The molecule has 0 saturated carbocycles. The Morgan fingerprint density at radius 1 is 1.40 bits per heavy atom. The molecular weight excluding hydrogens is 192 g/mol. The van der Waals surface area contributed by atoms with Gasteiger partial charge >= 0.3 is 0 Å². The number of aryl methyl sites for hydroxylation is 1. The Labute approximate surface area is 86.6 Å². The highest BCUT2D eigenvalue weighted by atomic mass is 16.4. The van der Waals surface area contributed by atoms with Crippen LogP contribution in [0.4, 0.5) is 0 Å². The number of carboxylic acid groups (broad SMARTS) is 1. The molecule has 1 aromatic heterocycles. The average Bonchev–Trinajstić information content (AvgIpc) is 2.27. The van der Waals surface area contributed by atoms with Gasteiger partial charge in [0.15, 0.2) is 0 Å². The van der Waals surface area contributed by atoms with Gasteiger partial charge in [-0.25, -0.2) is 4.98 Å². The van der Waals surface area contributed by atoms with Crippen LogP contribution in [0.2, 0.25) is 0 Å². The van der Waals surface area contributed by atoms with Crippen molar-refractivity contribution in [3.05, 3.63) is 35.7 Å². The van der Waals surface area contributed by atoms with Crippen LogP contribution in [0.25, 0.3) is 11.0 Å². The monoisotopic (exact) mass is 201 g/mol. The van der Waals surface area contributed by atoms with E-state index in [9.17, 15) is 9.90 Å². The quantitative estimate of drug-likeness (QED) is 0.711. The number of carbonyl (C=O) groups is 1. The fourth-order valence-electron chi connectivity index (χ4n) is 1.35. The molecule has 0 spiro atoms. The highest BCUT2D eigenvalue weighted by molar-refractivity contribution is 5.90. The first-order chi connectivity index (χ1) is 7.20. The SMILES string of the molecule is CCc1cnc2cc(C(=O)[O-])ccc2n1. The van der Waals surface area contributed by atoms with E-state index in [1.54, 1.807) is 12.3 Å². The Bertz CT molecular complexity index is 523. The Morgan fingerprint density at radius 2 is 2.20 bits per heavy atom. The summed E-state index contributed by atoms with van der Waals surface area (Å²) in [6.07, 6.45) is 2.46. The lowest BCUT2D eigenvalue weighted by Crippen LogP contribution is -2.22. The van der Waals surface area contributed by atoms with Gasteiger partial charge in [0.2, 0.25) is 0 Å². The lowest BCUT2D eigenvalue weighted by molar-refractivity contribution is -0.255. The molecule has 0 atom stereocenters. The van der Waals surface area contributed by atoms with Crippen LogP contribution in [0.5, 0.6) is 0 Å². The Balaban J connectivity index is 2.59. The lowest BCUT2D eigenvalue weighted by atomic mass is 10.2. The molecule has 0 bridgehead atoms. The second kappa shape index (κ2) is 3.65. The number of rotatable bonds is 2. The van der Waals surface area contributed by atoms with E-state index >= 15 is 0 Å². The van der Waals surface area contributed by atoms with Crippen LogP contribution < -0.4 is 5.11 Å². The van der Waals surface area contributed by atoms with E-state index in [2.05, 4.69) is 9.97 Å². The zero-order chi connectivity index (χ0) is 10.8. The largest absolute Gasteiger partial charge is 0.545 e. The fourth-order valence-corrected chi connectivity index (χ4v) is 1.35. The van der Waals surface area contributed by atoms with Crippen LogP contribution in [-0.4, -0.2) is 15.9 Å². The van der Waals surface area contributed by atoms with Gasteiger partial charge in [-0.05, 0) is 24.1 Å². The van der Waals surface area contributed by atoms with Crippen LogP contribution in [0, 0.1) is 0 Å². The number of benzene rings is 1. The first kappa shape index (κ1) is 9.58. The van der Waals surface area contributed by atoms with Gasteiger partial charge < -0.3 is 9.90 Å². The maximum Gasteiger partial charge on any atom is 0.0893 e. The summed E-state index contributed by atoms with van der Waals surface area (Å²) < 4.78 is 0. The molecule has 0 aliphatic heterocycles. The Kier molecular flexibility index (Phi) is 2.33. The normalized spacial score (nSPS) is 10.5. The van der Waals surface area contributed by atoms with Gasteiger partial charge in [-0.15, -0.1) is 0 Å². The maximum absolute atomic E-state index is 10.6. The molecule has 76 valence electrons. The number of hydrogen-bond acceptors (Lipinski definition) is 4. The molecule has 0 aliphatic carbocycles. The molecule has 2 rings (SSSR count). The third kappa shape index (κ3) is 1.79. The topological polar surface area (TPSA) is 65.9 Å². The van der Waals surface area contributed by atoms with Gasteiger partial charge in [0.1, 0.15) is 0 Å². The third-order valence-corrected chi connectivity index (χ3v) is 2.19. The molecule has 0 saturated heterocycles. The molecule has 1 aromatic carbocycles. The van der Waals surface area contributed by atoms with Gasteiger partial charge in [-0.3, -0.25) is 4.98 Å². The van der Waals surface area contributed by atoms with Crippen molar-refractivity contribution in [2.45, 2.75) is 13.3 Å². The molecule has 0 aliphatic rings. The third-order valence-electron chi connectivity index (χ3n) is 2.19. The summed E-state index contributed by atoms with van der Waals surface area (Å²) >= 11 is 0. The van der Waals surface area contributed by atoms with E-state index in [1.165, 1.54) is 12.1 Å². The summed E-state index contributed by atoms with van der Waals surface area (Å²) in [4.78, 5) is 19.1. The molecule has 4 heteroatoms. The second-order valence-corrected chi connectivity index (χ2v) is 3.21. The van der Waals surface area contributed by atoms with Crippen LogP contribution in [-0.2, 0) is 6.42 Å². The van der Waals surface area contributed by atoms with Crippen molar-refractivity contribution in [2.75, 3.05) is 0 Å². The summed E-state index contributed by atoms with van der Waals surface area (Å²) in [5.74, 6) is -1.20. The van der Waals surface area contributed by atoms with Crippen molar-refractivity contribution < 1.29 is 9.90 Å². The van der Waals surface area contributed by atoms with Crippen molar-refractivity contribution in [3.63, 3.8) is 0 Å². The first-order valence-electron chi connectivity index (χ1n) is 4.67. The smallest absolute Gasteiger partial charge is 0.0893 e. The van der Waals surface area contributed by atoms with Gasteiger partial charge in [0.05, 0.1) is 22.7 Å². The molecule has 0 radical (unpaired) electrons. The molecule has 0 unspecified atom stereocenters. The minimum atomic E-state index is -1.20. The molecule has 0 amide bonds. The number of carboxylic acids is 1. The van der Waals surface area contributed by atoms with Crippen molar-refractivity contribution in [1.82, 2.24) is 9.97 Å². The van der Waals surface area contributed by atoms with E-state index in [1.807, 2.05) is 6.92 Å². The van der Waals surface area contributed by atoms with Crippen LogP contribution in [0.15, 0.2) is 24.4 Å². The zero-order valence-corrected chi connectivity index (χ0v) is 8.23. The molecular formula is C11H9N2O2-. The van der Waals surface area contributed by atoms with E-state index < -0.39 is 5.97 Å². The number of aromatic carboxylic acids is 1. The van der Waals surface area contributed by atoms with Crippen LogP contribution in [0.3, 0.4) is 0 Å². The minimum absolute atomic E-state index is 0.126. The van der Waals surface area contributed by atoms with Gasteiger partial charge in [-0.2, -0.15) is 0 Å². The number of nitrogens with zero attached hydrogens (tertiary/aromatic N) is 2. The van der Waals surface area contributed by atoms with Crippen molar-refractivity contribution in [1.29, 1.82) is 0 Å². The predicted octanol–water partition coefficient (Wildman–Crippen LogP) is 0.556. The summed E-state index contributed by atoms with van der Waals surface area (Å²) in [7, 11) is 0. The number of aromatic nitrogens is 2. The molecule has 0 N–H and O–H groups in total. The Morgan fingerprint density at radius 3 is 2.87 bits per heavy atom. The summed E-state index contributed by atoms with van der Waals surface area (Å²) in [5.41, 5.74) is 2.30. The van der Waals surface area contributed by atoms with E-state index in [4.69, 9.17) is 0 Å². The van der Waals surface area contributed by atoms with Crippen LogP contribution >= 0.6 is 0 Å². The molecule has 4 nitrogen and oxygen atoms in total. The fraction of sp³-hybridized carbons (Fsp3) is 0.182. The summed E-state index contributed by atoms with van der Waals surface area (Å²) in [6.45, 7) is 1.99. The van der Waals surface area contributed by atoms with E-state index in [-0.39, 0.29) is 5.56 Å². The maximum atomic E-state index is 10.6.